The van der Waals surface area contributed by atoms with Gasteiger partial charge in [-0.25, -0.2) is 4.79 Å². The zero-order valence-corrected chi connectivity index (χ0v) is 13.6. The third-order valence-electron chi connectivity index (χ3n) is 4.42. The number of hydrogen-bond donors (Lipinski definition) is 2. The molecule has 2 N–H and O–H groups in total. The Labute approximate surface area is 145 Å². The highest BCUT2D eigenvalue weighted by Gasteiger charge is 2.17. The van der Waals surface area contributed by atoms with Crippen molar-refractivity contribution in [2.75, 3.05) is 10.6 Å². The van der Waals surface area contributed by atoms with Crippen LogP contribution >= 0.6 is 0 Å². The standard InChI is InChI=1S/C20H17N3O2/c24-19-7-3-4-13-8-9-14(12-16(13)19)22-20(25)23-18-10-11-21-17-6-2-1-5-15(17)18/h1-2,5-6,8-12H,3-4,7H2,(H2,21,22,23,25). The van der Waals surface area contributed by atoms with E-state index < -0.39 is 0 Å². The van der Waals surface area contributed by atoms with Gasteiger partial charge in [-0.2, -0.15) is 0 Å². The van der Waals surface area contributed by atoms with Crippen molar-refractivity contribution in [3.05, 3.63) is 65.9 Å². The highest BCUT2D eigenvalue weighted by molar-refractivity contribution is 6.06. The van der Waals surface area contributed by atoms with Crippen molar-refractivity contribution in [2.45, 2.75) is 19.3 Å². The average Bonchev–Trinajstić information content (AvgIpc) is 2.63. The highest BCUT2D eigenvalue weighted by atomic mass is 16.2. The molecule has 4 rings (SSSR count). The van der Waals surface area contributed by atoms with Crippen molar-refractivity contribution >= 4 is 34.1 Å². The number of para-hydroxylation sites is 1. The molecule has 5 heteroatoms. The molecular weight excluding hydrogens is 314 g/mol. The van der Waals surface area contributed by atoms with E-state index in [1.807, 2.05) is 36.4 Å². The van der Waals surface area contributed by atoms with E-state index >= 15 is 0 Å². The Hall–Kier alpha value is -3.21. The second kappa shape index (κ2) is 6.36. The lowest BCUT2D eigenvalue weighted by Crippen LogP contribution is -2.20. The molecule has 0 unspecified atom stereocenters. The number of nitrogens with zero attached hydrogens (tertiary/aromatic N) is 1. The lowest BCUT2D eigenvalue weighted by molar-refractivity contribution is 0.0972. The highest BCUT2D eigenvalue weighted by Crippen LogP contribution is 2.25. The van der Waals surface area contributed by atoms with E-state index in [0.717, 1.165) is 34.9 Å². The monoisotopic (exact) mass is 331 g/mol. The molecule has 1 aromatic heterocycles. The van der Waals surface area contributed by atoms with Crippen LogP contribution in [0.5, 0.6) is 0 Å². The number of nitrogens with one attached hydrogen (secondary N) is 2. The summed E-state index contributed by atoms with van der Waals surface area (Å²) in [6.07, 6.45) is 4.05. The number of anilines is 2. The van der Waals surface area contributed by atoms with Crippen LogP contribution in [0.4, 0.5) is 16.2 Å². The topological polar surface area (TPSA) is 71.1 Å². The van der Waals surface area contributed by atoms with Crippen molar-refractivity contribution in [2.24, 2.45) is 0 Å². The molecule has 0 saturated heterocycles. The number of aromatic nitrogens is 1. The summed E-state index contributed by atoms with van der Waals surface area (Å²) in [5.74, 6) is 0.144. The summed E-state index contributed by atoms with van der Waals surface area (Å²) >= 11 is 0. The number of carbonyl (C=O) groups excluding carboxylic acids is 2. The first kappa shape index (κ1) is 15.3. The predicted molar refractivity (Wildman–Crippen MR) is 98.1 cm³/mol. The summed E-state index contributed by atoms with van der Waals surface area (Å²) in [5.41, 5.74) is 3.91. The normalized spacial score (nSPS) is 13.4. The number of Topliss-reactive ketones (excluding diaryl/α,β-unsaturated/α-hetero) is 1. The second-order valence-electron chi connectivity index (χ2n) is 6.10. The zero-order chi connectivity index (χ0) is 17.2. The van der Waals surface area contributed by atoms with Gasteiger partial charge in [-0.15, -0.1) is 0 Å². The summed E-state index contributed by atoms with van der Waals surface area (Å²) in [7, 11) is 0. The van der Waals surface area contributed by atoms with Crippen LogP contribution in [-0.4, -0.2) is 16.8 Å². The van der Waals surface area contributed by atoms with Crippen LogP contribution < -0.4 is 10.6 Å². The minimum absolute atomic E-state index is 0.144. The number of aryl methyl sites for hydroxylation is 1. The molecule has 3 aromatic rings. The van der Waals surface area contributed by atoms with E-state index in [2.05, 4.69) is 15.6 Å². The van der Waals surface area contributed by atoms with Crippen LogP contribution in [0.1, 0.15) is 28.8 Å². The smallest absolute Gasteiger partial charge is 0.308 e. The van der Waals surface area contributed by atoms with Gasteiger partial charge in [-0.05, 0) is 42.7 Å². The molecule has 0 saturated carbocycles. The number of carbonyl (C=O) groups is 2. The van der Waals surface area contributed by atoms with E-state index in [1.165, 1.54) is 0 Å². The van der Waals surface area contributed by atoms with Crippen molar-refractivity contribution < 1.29 is 9.59 Å². The number of urea groups is 1. The molecule has 25 heavy (non-hydrogen) atoms. The Morgan fingerprint density at radius 1 is 1.00 bits per heavy atom. The first-order chi connectivity index (χ1) is 12.2. The van der Waals surface area contributed by atoms with Gasteiger partial charge >= 0.3 is 6.03 Å². The van der Waals surface area contributed by atoms with E-state index in [0.29, 0.717) is 17.8 Å². The van der Waals surface area contributed by atoms with Crippen LogP contribution in [0.2, 0.25) is 0 Å². The minimum atomic E-state index is -0.348. The number of hydrogen-bond acceptors (Lipinski definition) is 3. The summed E-state index contributed by atoms with van der Waals surface area (Å²) in [5, 5.41) is 6.53. The van der Waals surface area contributed by atoms with Crippen LogP contribution in [0.15, 0.2) is 54.7 Å². The molecule has 0 radical (unpaired) electrons. The van der Waals surface area contributed by atoms with Gasteiger partial charge in [0.25, 0.3) is 0 Å². The van der Waals surface area contributed by atoms with Crippen molar-refractivity contribution in [1.29, 1.82) is 0 Å². The molecular formula is C20H17N3O2. The maximum atomic E-state index is 12.3. The number of pyridine rings is 1. The van der Waals surface area contributed by atoms with Gasteiger partial charge in [-0.1, -0.05) is 24.3 Å². The Morgan fingerprint density at radius 2 is 1.88 bits per heavy atom. The van der Waals surface area contributed by atoms with E-state index in [9.17, 15) is 9.59 Å². The molecule has 0 spiro atoms. The summed E-state index contributed by atoms with van der Waals surface area (Å²) < 4.78 is 0. The minimum Gasteiger partial charge on any atom is -0.308 e. The first-order valence-electron chi connectivity index (χ1n) is 8.28. The fourth-order valence-electron chi connectivity index (χ4n) is 3.20. The van der Waals surface area contributed by atoms with E-state index in [1.54, 1.807) is 18.3 Å². The molecule has 1 aliphatic carbocycles. The summed E-state index contributed by atoms with van der Waals surface area (Å²) in [6, 6.07) is 14.6. The van der Waals surface area contributed by atoms with Gasteiger partial charge in [0.2, 0.25) is 0 Å². The number of ketones is 1. The van der Waals surface area contributed by atoms with Gasteiger partial charge in [0.15, 0.2) is 5.78 Å². The van der Waals surface area contributed by atoms with Crippen molar-refractivity contribution in [3.8, 4) is 0 Å². The molecule has 124 valence electrons. The van der Waals surface area contributed by atoms with Crippen LogP contribution in [0.25, 0.3) is 10.9 Å². The third kappa shape index (κ3) is 3.08. The number of fused-ring (bicyclic) bond motifs is 2. The van der Waals surface area contributed by atoms with E-state index in [-0.39, 0.29) is 11.8 Å². The molecule has 0 bridgehead atoms. The lowest BCUT2D eigenvalue weighted by Gasteiger charge is -2.16. The van der Waals surface area contributed by atoms with Gasteiger partial charge in [0.05, 0.1) is 11.2 Å². The molecule has 0 fully saturated rings. The van der Waals surface area contributed by atoms with Gasteiger partial charge in [0.1, 0.15) is 0 Å². The maximum absolute atomic E-state index is 12.3. The van der Waals surface area contributed by atoms with Crippen LogP contribution in [0, 0.1) is 0 Å². The Morgan fingerprint density at radius 3 is 2.80 bits per heavy atom. The number of rotatable bonds is 2. The molecule has 2 aromatic carbocycles. The fraction of sp³-hybridized carbons (Fsp3) is 0.150. The predicted octanol–water partition coefficient (Wildman–Crippen LogP) is 4.40. The largest absolute Gasteiger partial charge is 0.323 e. The second-order valence-corrected chi connectivity index (χ2v) is 6.10. The van der Waals surface area contributed by atoms with Crippen LogP contribution in [0.3, 0.4) is 0 Å². The molecule has 1 heterocycles. The Bertz CT molecular complexity index is 976. The first-order valence-corrected chi connectivity index (χ1v) is 8.28. The van der Waals surface area contributed by atoms with E-state index in [4.69, 9.17) is 0 Å². The molecule has 1 aliphatic rings. The Kier molecular flexibility index (Phi) is 3.90. The summed E-state index contributed by atoms with van der Waals surface area (Å²) in [4.78, 5) is 28.7. The van der Waals surface area contributed by atoms with Crippen LogP contribution in [-0.2, 0) is 6.42 Å². The van der Waals surface area contributed by atoms with Gasteiger partial charge < -0.3 is 10.6 Å². The molecule has 2 amide bonds. The quantitative estimate of drug-likeness (QED) is 0.731. The lowest BCUT2D eigenvalue weighted by atomic mass is 9.90. The van der Waals surface area contributed by atoms with Gasteiger partial charge in [-0.3, -0.25) is 9.78 Å². The zero-order valence-electron chi connectivity index (χ0n) is 13.6. The summed E-state index contributed by atoms with van der Waals surface area (Å²) in [6.45, 7) is 0. The number of benzene rings is 2. The molecule has 0 atom stereocenters. The van der Waals surface area contributed by atoms with Crippen molar-refractivity contribution in [1.82, 2.24) is 4.98 Å². The van der Waals surface area contributed by atoms with Crippen molar-refractivity contribution in [3.63, 3.8) is 0 Å². The SMILES string of the molecule is O=C(Nc1ccc2c(c1)C(=O)CCC2)Nc1ccnc2ccccc12. The Balaban J connectivity index is 1.54. The average molecular weight is 331 g/mol. The third-order valence-corrected chi connectivity index (χ3v) is 4.42. The van der Waals surface area contributed by atoms with Gasteiger partial charge in [0, 0.05) is 29.3 Å². The maximum Gasteiger partial charge on any atom is 0.323 e. The fourth-order valence-corrected chi connectivity index (χ4v) is 3.20. The molecule has 5 nitrogen and oxygen atoms in total. The number of amides is 2. The molecule has 0 aliphatic heterocycles.